The fourth-order valence-electron chi connectivity index (χ4n) is 3.13. The van der Waals surface area contributed by atoms with Crippen LogP contribution in [0.3, 0.4) is 0 Å². The summed E-state index contributed by atoms with van der Waals surface area (Å²) in [6.45, 7) is 1.72. The van der Waals surface area contributed by atoms with Crippen LogP contribution >= 0.6 is 22.6 Å². The summed E-state index contributed by atoms with van der Waals surface area (Å²) >= 11 is 2.09. The van der Waals surface area contributed by atoms with Gasteiger partial charge in [0, 0.05) is 26.5 Å². The molecule has 3 N–H and O–H groups in total. The first-order valence-corrected chi connectivity index (χ1v) is 10.3. The van der Waals surface area contributed by atoms with E-state index in [1.54, 1.807) is 25.1 Å². The van der Waals surface area contributed by atoms with Crippen LogP contribution < -0.4 is 5.32 Å². The maximum atomic E-state index is 12.7. The highest BCUT2D eigenvalue weighted by Crippen LogP contribution is 2.35. The summed E-state index contributed by atoms with van der Waals surface area (Å²) in [5.41, 5.74) is 0.995. The molecular weight excluding hydrogens is 497 g/mol. The zero-order valence-electron chi connectivity index (χ0n) is 16.1. The van der Waals surface area contributed by atoms with Crippen LogP contribution in [0.15, 0.2) is 72.8 Å². The van der Waals surface area contributed by atoms with E-state index in [2.05, 4.69) is 27.9 Å². The second-order valence-electron chi connectivity index (χ2n) is 6.74. The number of nitrogens with one attached hydrogen (secondary N) is 1. The van der Waals surface area contributed by atoms with E-state index in [1.165, 1.54) is 12.1 Å². The minimum Gasteiger partial charge on any atom is -0.508 e. The van der Waals surface area contributed by atoms with Crippen molar-refractivity contribution in [2.24, 2.45) is 5.92 Å². The normalized spacial score (nSPS) is 13.1. The zero-order valence-corrected chi connectivity index (χ0v) is 18.2. The van der Waals surface area contributed by atoms with Gasteiger partial charge in [0.25, 0.3) is 0 Å². The molecule has 0 radical (unpaired) electrons. The first-order chi connectivity index (χ1) is 14.3. The number of anilines is 1. The largest absolute Gasteiger partial charge is 0.508 e. The van der Waals surface area contributed by atoms with E-state index in [4.69, 9.17) is 9.84 Å². The lowest BCUT2D eigenvalue weighted by molar-refractivity contribution is -0.131. The number of benzene rings is 3. The van der Waals surface area contributed by atoms with E-state index < -0.39 is 24.1 Å². The van der Waals surface area contributed by atoms with Crippen molar-refractivity contribution in [3.63, 3.8) is 0 Å². The molecule has 3 aromatic carbocycles. The van der Waals surface area contributed by atoms with Crippen molar-refractivity contribution in [2.45, 2.75) is 13.0 Å². The number of aromatic hydroxyl groups is 1. The van der Waals surface area contributed by atoms with Gasteiger partial charge in [-0.2, -0.15) is 0 Å². The molecule has 0 saturated heterocycles. The molecule has 0 fully saturated rings. The maximum absolute atomic E-state index is 12.7. The van der Waals surface area contributed by atoms with Gasteiger partial charge in [0.15, 0.2) is 0 Å². The summed E-state index contributed by atoms with van der Waals surface area (Å²) in [4.78, 5) is 23.6. The molecule has 3 rings (SSSR count). The number of carboxylic acids is 1. The van der Waals surface area contributed by atoms with Gasteiger partial charge in [0.2, 0.25) is 0 Å². The second kappa shape index (κ2) is 9.62. The zero-order chi connectivity index (χ0) is 21.7. The van der Waals surface area contributed by atoms with E-state index in [0.717, 1.165) is 20.4 Å². The van der Waals surface area contributed by atoms with E-state index in [-0.39, 0.29) is 5.75 Å². The smallest absolute Gasteiger partial charge is 0.412 e. The van der Waals surface area contributed by atoms with Gasteiger partial charge in [-0.05, 0) is 52.2 Å². The van der Waals surface area contributed by atoms with Crippen LogP contribution in [-0.2, 0) is 9.53 Å². The van der Waals surface area contributed by atoms with Gasteiger partial charge < -0.3 is 14.9 Å². The van der Waals surface area contributed by atoms with Gasteiger partial charge in [-0.1, -0.05) is 49.4 Å². The molecule has 0 unspecified atom stereocenters. The SMILES string of the molecule is C[C@H](/C=C/C(=O)O)[C@H](OC(=O)Nc1cccc2ccccc12)c1cc(I)ccc1O. The minimum atomic E-state index is -1.10. The third-order valence-corrected chi connectivity index (χ3v) is 5.25. The molecule has 0 saturated carbocycles. The summed E-state index contributed by atoms with van der Waals surface area (Å²) in [7, 11) is 0. The Morgan fingerprint density at radius 1 is 1.10 bits per heavy atom. The molecule has 0 spiro atoms. The Bertz CT molecular complexity index is 1110. The number of hydrogen-bond acceptors (Lipinski definition) is 4. The molecule has 0 aliphatic rings. The second-order valence-corrected chi connectivity index (χ2v) is 7.98. The maximum Gasteiger partial charge on any atom is 0.412 e. The first kappa shape index (κ1) is 21.6. The number of amides is 1. The Kier molecular flexibility index (Phi) is 6.94. The number of fused-ring (bicyclic) bond motifs is 1. The monoisotopic (exact) mass is 517 g/mol. The molecule has 1 amide bonds. The van der Waals surface area contributed by atoms with Gasteiger partial charge >= 0.3 is 12.1 Å². The lowest BCUT2D eigenvalue weighted by atomic mass is 9.96. The molecular formula is C23H20INO5. The summed E-state index contributed by atoms with van der Waals surface area (Å²) in [5.74, 6) is -1.63. The molecule has 6 nitrogen and oxygen atoms in total. The summed E-state index contributed by atoms with van der Waals surface area (Å²) in [6, 6.07) is 18.1. The van der Waals surface area contributed by atoms with Crippen LogP contribution in [-0.4, -0.2) is 22.3 Å². The molecule has 0 bridgehead atoms. The van der Waals surface area contributed by atoms with Crippen LogP contribution in [0.5, 0.6) is 5.75 Å². The predicted octanol–water partition coefficient (Wildman–Crippen LogP) is 5.72. The van der Waals surface area contributed by atoms with Crippen molar-refractivity contribution < 1.29 is 24.5 Å². The fraction of sp³-hybridized carbons (Fsp3) is 0.130. The molecule has 0 aromatic heterocycles. The molecule has 154 valence electrons. The van der Waals surface area contributed by atoms with E-state index in [1.807, 2.05) is 36.4 Å². The van der Waals surface area contributed by atoms with Crippen molar-refractivity contribution in [3.05, 3.63) is 81.9 Å². The van der Waals surface area contributed by atoms with Crippen LogP contribution in [0.1, 0.15) is 18.6 Å². The number of halogens is 1. The minimum absolute atomic E-state index is 0.0334. The summed E-state index contributed by atoms with van der Waals surface area (Å²) in [5, 5.41) is 23.8. The third kappa shape index (κ3) is 5.29. The van der Waals surface area contributed by atoms with Gasteiger partial charge in [-0.3, -0.25) is 5.32 Å². The Morgan fingerprint density at radius 2 is 1.83 bits per heavy atom. The number of ether oxygens (including phenoxy) is 1. The van der Waals surface area contributed by atoms with Gasteiger partial charge in [-0.25, -0.2) is 9.59 Å². The first-order valence-electron chi connectivity index (χ1n) is 9.20. The molecule has 0 aliphatic heterocycles. The predicted molar refractivity (Wildman–Crippen MR) is 124 cm³/mol. The van der Waals surface area contributed by atoms with Crippen molar-refractivity contribution in [1.82, 2.24) is 0 Å². The number of carbonyl (C=O) groups is 2. The Morgan fingerprint density at radius 3 is 2.60 bits per heavy atom. The van der Waals surface area contributed by atoms with Crippen molar-refractivity contribution in [1.29, 1.82) is 0 Å². The molecule has 7 heteroatoms. The van der Waals surface area contributed by atoms with Crippen molar-refractivity contribution >= 4 is 51.1 Å². The number of carbonyl (C=O) groups excluding carboxylic acids is 1. The van der Waals surface area contributed by atoms with Crippen molar-refractivity contribution in [2.75, 3.05) is 5.32 Å². The number of phenols is 1. The summed E-state index contributed by atoms with van der Waals surface area (Å²) in [6.07, 6.45) is 0.835. The quantitative estimate of drug-likeness (QED) is 0.287. The summed E-state index contributed by atoms with van der Waals surface area (Å²) < 4.78 is 6.51. The highest BCUT2D eigenvalue weighted by molar-refractivity contribution is 14.1. The highest BCUT2D eigenvalue weighted by Gasteiger charge is 2.25. The van der Waals surface area contributed by atoms with Crippen LogP contribution in [0.4, 0.5) is 10.5 Å². The van der Waals surface area contributed by atoms with Crippen LogP contribution in [0.25, 0.3) is 10.8 Å². The topological polar surface area (TPSA) is 95.9 Å². The molecule has 3 aromatic rings. The number of rotatable bonds is 6. The Balaban J connectivity index is 1.89. The molecule has 0 aliphatic carbocycles. The lowest BCUT2D eigenvalue weighted by Gasteiger charge is -2.24. The van der Waals surface area contributed by atoms with Crippen LogP contribution in [0.2, 0.25) is 0 Å². The number of carboxylic acid groups (broad SMARTS) is 1. The van der Waals surface area contributed by atoms with Crippen molar-refractivity contribution in [3.8, 4) is 5.75 Å². The van der Waals surface area contributed by atoms with Gasteiger partial charge in [0.05, 0.1) is 5.69 Å². The number of hydrogen-bond donors (Lipinski definition) is 3. The standard InChI is InChI=1S/C23H20INO5/c1-14(9-12-21(27)28)22(18-13-16(24)10-11-20(18)26)30-23(29)25-19-8-4-6-15-5-2-3-7-17(15)19/h2-14,22,26H,1H3,(H,25,29)(H,27,28)/b12-9+/t14-,22+/m1/s1. The number of phenolic OH excluding ortho intramolecular Hbond substituents is 1. The fourth-order valence-corrected chi connectivity index (χ4v) is 3.65. The van der Waals surface area contributed by atoms with Gasteiger partial charge in [0.1, 0.15) is 11.9 Å². The third-order valence-electron chi connectivity index (χ3n) is 4.58. The average molecular weight is 517 g/mol. The highest BCUT2D eigenvalue weighted by atomic mass is 127. The van der Waals surface area contributed by atoms with E-state index in [0.29, 0.717) is 11.3 Å². The number of aliphatic carboxylic acids is 1. The molecule has 30 heavy (non-hydrogen) atoms. The van der Waals surface area contributed by atoms with Crippen LogP contribution in [0, 0.1) is 9.49 Å². The molecule has 0 heterocycles. The average Bonchev–Trinajstić information content (AvgIpc) is 2.72. The van der Waals surface area contributed by atoms with E-state index in [9.17, 15) is 14.7 Å². The molecule has 2 atom stereocenters. The lowest BCUT2D eigenvalue weighted by Crippen LogP contribution is -2.21. The van der Waals surface area contributed by atoms with Gasteiger partial charge in [-0.15, -0.1) is 0 Å². The Hall–Kier alpha value is -3.07. The Labute approximate surface area is 187 Å². The van der Waals surface area contributed by atoms with E-state index >= 15 is 0 Å².